The Morgan fingerprint density at radius 1 is 1.19 bits per heavy atom. The number of aromatic nitrogens is 3. The van der Waals surface area contributed by atoms with Gasteiger partial charge in [0.2, 0.25) is 0 Å². The smallest absolute Gasteiger partial charge is 0.269 e. The molecule has 2 aromatic heterocycles. The number of non-ortho nitro benzene ring substituents is 1. The predicted molar refractivity (Wildman–Crippen MR) is 103 cm³/mol. The van der Waals surface area contributed by atoms with E-state index in [4.69, 9.17) is 5.73 Å². The van der Waals surface area contributed by atoms with Gasteiger partial charge in [-0.05, 0) is 37.8 Å². The fourth-order valence-corrected chi connectivity index (χ4v) is 3.37. The Hall–Kier alpha value is -3.20. The summed E-state index contributed by atoms with van der Waals surface area (Å²) in [6.45, 7) is 0. The molecule has 3 aromatic rings. The van der Waals surface area contributed by atoms with Crippen molar-refractivity contribution in [2.75, 3.05) is 10.6 Å². The maximum atomic E-state index is 10.8. The number of hydrogen-bond acceptors (Lipinski definition) is 7. The predicted octanol–water partition coefficient (Wildman–Crippen LogP) is 3.06. The van der Waals surface area contributed by atoms with Crippen molar-refractivity contribution in [3.8, 4) is 0 Å². The zero-order valence-corrected chi connectivity index (χ0v) is 14.7. The molecule has 140 valence electrons. The summed E-state index contributed by atoms with van der Waals surface area (Å²) in [5.74, 6) is 0.755. The molecule has 0 unspecified atom stereocenters. The number of benzene rings is 1. The molecule has 27 heavy (non-hydrogen) atoms. The lowest BCUT2D eigenvalue weighted by atomic mass is 9.92. The Kier molecular flexibility index (Phi) is 4.59. The van der Waals surface area contributed by atoms with Crippen LogP contribution in [0.4, 0.5) is 22.9 Å². The van der Waals surface area contributed by atoms with Crippen molar-refractivity contribution in [1.29, 1.82) is 0 Å². The van der Waals surface area contributed by atoms with Crippen LogP contribution in [0.2, 0.25) is 0 Å². The molecule has 1 aliphatic rings. The molecule has 0 bridgehead atoms. The molecule has 2 heterocycles. The molecule has 0 atom stereocenters. The summed E-state index contributed by atoms with van der Waals surface area (Å²) in [4.78, 5) is 14.7. The van der Waals surface area contributed by atoms with Crippen molar-refractivity contribution in [3.63, 3.8) is 0 Å². The number of rotatable bonds is 5. The van der Waals surface area contributed by atoms with Crippen LogP contribution in [-0.2, 0) is 0 Å². The van der Waals surface area contributed by atoms with E-state index in [9.17, 15) is 10.1 Å². The van der Waals surface area contributed by atoms with Crippen molar-refractivity contribution in [1.82, 2.24) is 14.6 Å². The van der Waals surface area contributed by atoms with Gasteiger partial charge in [0, 0.05) is 48.4 Å². The van der Waals surface area contributed by atoms with E-state index >= 15 is 0 Å². The third kappa shape index (κ3) is 3.82. The minimum Gasteiger partial charge on any atom is -0.366 e. The van der Waals surface area contributed by atoms with Crippen LogP contribution in [0.15, 0.2) is 42.7 Å². The quantitative estimate of drug-likeness (QED) is 0.468. The van der Waals surface area contributed by atoms with Gasteiger partial charge in [0.15, 0.2) is 5.65 Å². The van der Waals surface area contributed by atoms with Gasteiger partial charge >= 0.3 is 0 Å². The molecule has 9 nitrogen and oxygen atoms in total. The number of nitrogens with zero attached hydrogens (tertiary/aromatic N) is 4. The normalized spacial score (nSPS) is 19.7. The fraction of sp³-hybridized carbons (Fsp3) is 0.333. The average Bonchev–Trinajstić information content (AvgIpc) is 3.13. The van der Waals surface area contributed by atoms with E-state index in [2.05, 4.69) is 20.7 Å². The van der Waals surface area contributed by atoms with Crippen molar-refractivity contribution in [3.05, 3.63) is 52.8 Å². The first-order valence-electron chi connectivity index (χ1n) is 8.96. The van der Waals surface area contributed by atoms with Gasteiger partial charge in [-0.15, -0.1) is 5.10 Å². The molecule has 9 heteroatoms. The number of nitro benzene ring substituents is 1. The van der Waals surface area contributed by atoms with E-state index in [1.807, 2.05) is 6.07 Å². The van der Waals surface area contributed by atoms with Crippen molar-refractivity contribution >= 4 is 28.5 Å². The Morgan fingerprint density at radius 3 is 2.63 bits per heavy atom. The lowest BCUT2D eigenvalue weighted by Crippen LogP contribution is -2.33. The molecule has 1 saturated carbocycles. The molecule has 0 radical (unpaired) electrons. The van der Waals surface area contributed by atoms with Gasteiger partial charge in [-0.2, -0.15) is 0 Å². The van der Waals surface area contributed by atoms with Crippen LogP contribution in [0.1, 0.15) is 25.7 Å². The number of nitrogens with two attached hydrogens (primary N) is 1. The van der Waals surface area contributed by atoms with Gasteiger partial charge in [-0.25, -0.2) is 9.50 Å². The van der Waals surface area contributed by atoms with Crippen LogP contribution in [0.5, 0.6) is 0 Å². The number of nitrogens with one attached hydrogen (secondary N) is 2. The third-order valence-corrected chi connectivity index (χ3v) is 4.84. The second-order valence-electron chi connectivity index (χ2n) is 6.82. The van der Waals surface area contributed by atoms with Crippen molar-refractivity contribution in [2.24, 2.45) is 5.73 Å². The fourth-order valence-electron chi connectivity index (χ4n) is 3.37. The SMILES string of the molecule is NC1CCC(Nc2cc(Nc3ccc([N+](=O)[O-])cc3)c3nccn3n2)CC1. The molecule has 0 amide bonds. The molecule has 0 aliphatic heterocycles. The minimum atomic E-state index is -0.416. The highest BCUT2D eigenvalue weighted by atomic mass is 16.6. The Balaban J connectivity index is 1.57. The van der Waals surface area contributed by atoms with Crippen LogP contribution in [-0.4, -0.2) is 31.6 Å². The Bertz CT molecular complexity index is 946. The molecule has 1 aromatic carbocycles. The first kappa shape index (κ1) is 17.2. The van der Waals surface area contributed by atoms with E-state index in [-0.39, 0.29) is 5.69 Å². The molecular weight excluding hydrogens is 346 g/mol. The summed E-state index contributed by atoms with van der Waals surface area (Å²) >= 11 is 0. The van der Waals surface area contributed by atoms with Crippen LogP contribution in [0.3, 0.4) is 0 Å². The van der Waals surface area contributed by atoms with Crippen molar-refractivity contribution in [2.45, 2.75) is 37.8 Å². The van der Waals surface area contributed by atoms with Gasteiger partial charge in [0.25, 0.3) is 5.69 Å². The maximum Gasteiger partial charge on any atom is 0.269 e. The number of fused-ring (bicyclic) bond motifs is 1. The number of hydrogen-bond donors (Lipinski definition) is 3. The highest BCUT2D eigenvalue weighted by Gasteiger charge is 2.19. The summed E-state index contributed by atoms with van der Waals surface area (Å²) in [5.41, 5.74) is 8.24. The standard InChI is InChI=1S/C18H21N7O2/c19-12-1-3-14(4-2-12)22-17-11-16(18-20-9-10-24(18)23-17)21-13-5-7-15(8-6-13)25(26)27/h5-12,14,21H,1-4,19H2,(H,22,23). The largest absolute Gasteiger partial charge is 0.366 e. The Morgan fingerprint density at radius 2 is 1.93 bits per heavy atom. The van der Waals surface area contributed by atoms with Crippen molar-refractivity contribution < 1.29 is 4.92 Å². The minimum absolute atomic E-state index is 0.0547. The lowest BCUT2D eigenvalue weighted by molar-refractivity contribution is -0.384. The molecular formula is C18H21N7O2. The highest BCUT2D eigenvalue weighted by molar-refractivity contribution is 5.76. The molecule has 0 spiro atoms. The molecule has 4 rings (SSSR count). The van der Waals surface area contributed by atoms with Gasteiger partial charge in [0.05, 0.1) is 10.6 Å². The first-order valence-corrected chi connectivity index (χ1v) is 8.96. The topological polar surface area (TPSA) is 123 Å². The second-order valence-corrected chi connectivity index (χ2v) is 6.82. The maximum absolute atomic E-state index is 10.8. The van der Waals surface area contributed by atoms with Gasteiger partial charge in [0.1, 0.15) is 5.82 Å². The summed E-state index contributed by atoms with van der Waals surface area (Å²) < 4.78 is 1.71. The van der Waals surface area contributed by atoms with E-state index in [0.717, 1.165) is 42.9 Å². The van der Waals surface area contributed by atoms with E-state index < -0.39 is 4.92 Å². The molecule has 4 N–H and O–H groups in total. The summed E-state index contributed by atoms with van der Waals surface area (Å²) in [6, 6.07) is 8.85. The Labute approximate surface area is 155 Å². The monoisotopic (exact) mass is 367 g/mol. The van der Waals surface area contributed by atoms with E-state index in [1.54, 1.807) is 29.0 Å². The number of imidazole rings is 1. The van der Waals surface area contributed by atoms with E-state index in [1.165, 1.54) is 12.1 Å². The second kappa shape index (κ2) is 7.20. The zero-order chi connectivity index (χ0) is 18.8. The number of nitro groups is 1. The number of anilines is 3. The molecule has 0 saturated heterocycles. The molecule has 1 fully saturated rings. The highest BCUT2D eigenvalue weighted by Crippen LogP contribution is 2.26. The lowest BCUT2D eigenvalue weighted by Gasteiger charge is -2.27. The van der Waals surface area contributed by atoms with Crippen LogP contribution >= 0.6 is 0 Å². The van der Waals surface area contributed by atoms with Gasteiger partial charge in [-0.1, -0.05) is 0 Å². The van der Waals surface area contributed by atoms with Gasteiger partial charge in [-0.3, -0.25) is 10.1 Å². The summed E-state index contributed by atoms with van der Waals surface area (Å²) in [5, 5.41) is 22.1. The summed E-state index contributed by atoms with van der Waals surface area (Å²) in [6.07, 6.45) is 7.55. The molecule has 1 aliphatic carbocycles. The summed E-state index contributed by atoms with van der Waals surface area (Å²) in [7, 11) is 0. The first-order chi connectivity index (χ1) is 13.1. The van der Waals surface area contributed by atoms with Crippen LogP contribution < -0.4 is 16.4 Å². The van der Waals surface area contributed by atoms with E-state index in [0.29, 0.717) is 17.7 Å². The average molecular weight is 367 g/mol. The van der Waals surface area contributed by atoms with Crippen LogP contribution in [0, 0.1) is 10.1 Å². The van der Waals surface area contributed by atoms with Gasteiger partial charge < -0.3 is 16.4 Å². The van der Waals surface area contributed by atoms with Crippen LogP contribution in [0.25, 0.3) is 5.65 Å². The third-order valence-electron chi connectivity index (χ3n) is 4.84. The zero-order valence-electron chi connectivity index (χ0n) is 14.7.